The average Bonchev–Trinajstić information content (AvgIpc) is 3.05. The summed E-state index contributed by atoms with van der Waals surface area (Å²) < 4.78 is 33.0. The summed E-state index contributed by atoms with van der Waals surface area (Å²) in [4.78, 5) is 7.28. The summed E-state index contributed by atoms with van der Waals surface area (Å²) >= 11 is 0. The van der Waals surface area contributed by atoms with E-state index in [1.165, 1.54) is 0 Å². The molecule has 1 N–H and O–H groups in total. The molecule has 7 nitrogen and oxygen atoms in total. The van der Waals surface area contributed by atoms with Crippen LogP contribution in [-0.2, 0) is 22.0 Å². The standard InChI is InChI=1S/C14H15N3O4S/c1-20-11-5-3-4-10-14(11)9(7-15-10)6-13-16-12(17-21-13)8-22(2,18)19/h3-5,7,15H,6,8H2,1-2H3. The molecule has 0 radical (unpaired) electrons. The maximum absolute atomic E-state index is 11.2. The van der Waals surface area contributed by atoms with Gasteiger partial charge in [-0.25, -0.2) is 8.42 Å². The Labute approximate surface area is 127 Å². The molecule has 0 fully saturated rings. The van der Waals surface area contributed by atoms with Crippen LogP contribution in [0.2, 0.25) is 0 Å². The van der Waals surface area contributed by atoms with Crippen LogP contribution in [0.25, 0.3) is 10.9 Å². The van der Waals surface area contributed by atoms with Gasteiger partial charge in [0.25, 0.3) is 0 Å². The summed E-state index contributed by atoms with van der Waals surface area (Å²) in [6.07, 6.45) is 3.39. The van der Waals surface area contributed by atoms with Crippen LogP contribution in [0.4, 0.5) is 0 Å². The van der Waals surface area contributed by atoms with Gasteiger partial charge in [0, 0.05) is 23.4 Å². The number of hydrogen-bond donors (Lipinski definition) is 1. The van der Waals surface area contributed by atoms with Gasteiger partial charge in [0.05, 0.1) is 13.5 Å². The highest BCUT2D eigenvalue weighted by atomic mass is 32.2. The van der Waals surface area contributed by atoms with Crippen molar-refractivity contribution in [3.63, 3.8) is 0 Å². The number of nitrogens with zero attached hydrogens (tertiary/aromatic N) is 2. The molecule has 0 aliphatic carbocycles. The summed E-state index contributed by atoms with van der Waals surface area (Å²) in [6, 6.07) is 5.73. The van der Waals surface area contributed by atoms with Crippen molar-refractivity contribution in [3.05, 3.63) is 41.7 Å². The number of aromatic nitrogens is 3. The lowest BCUT2D eigenvalue weighted by Crippen LogP contribution is -2.02. The molecule has 3 rings (SSSR count). The second-order valence-electron chi connectivity index (χ2n) is 5.05. The van der Waals surface area contributed by atoms with E-state index in [0.717, 1.165) is 28.5 Å². The molecule has 3 aromatic rings. The Hall–Kier alpha value is -2.35. The van der Waals surface area contributed by atoms with Gasteiger partial charge in [-0.1, -0.05) is 11.2 Å². The molecule has 2 heterocycles. The highest BCUT2D eigenvalue weighted by Crippen LogP contribution is 2.29. The minimum Gasteiger partial charge on any atom is -0.496 e. The number of methoxy groups -OCH3 is 1. The second kappa shape index (κ2) is 5.45. The first-order chi connectivity index (χ1) is 10.5. The normalized spacial score (nSPS) is 11.9. The highest BCUT2D eigenvalue weighted by molar-refractivity contribution is 7.89. The minimum atomic E-state index is -3.18. The van der Waals surface area contributed by atoms with Crippen LogP contribution >= 0.6 is 0 Å². The Morgan fingerprint density at radius 1 is 1.36 bits per heavy atom. The van der Waals surface area contributed by atoms with E-state index < -0.39 is 9.84 Å². The van der Waals surface area contributed by atoms with Crippen LogP contribution in [0.15, 0.2) is 28.9 Å². The lowest BCUT2D eigenvalue weighted by molar-refractivity contribution is 0.380. The minimum absolute atomic E-state index is 0.171. The number of rotatable bonds is 5. The number of hydrogen-bond acceptors (Lipinski definition) is 6. The molecule has 8 heteroatoms. The predicted molar refractivity (Wildman–Crippen MR) is 80.5 cm³/mol. The summed E-state index contributed by atoms with van der Waals surface area (Å²) in [5, 5.41) is 4.65. The monoisotopic (exact) mass is 321 g/mol. The fourth-order valence-electron chi connectivity index (χ4n) is 2.35. The number of ether oxygens (including phenoxy) is 1. The smallest absolute Gasteiger partial charge is 0.231 e. The maximum Gasteiger partial charge on any atom is 0.231 e. The lowest BCUT2D eigenvalue weighted by Gasteiger charge is -2.03. The number of H-pyrrole nitrogens is 1. The van der Waals surface area contributed by atoms with Gasteiger partial charge in [-0.05, 0) is 17.7 Å². The lowest BCUT2D eigenvalue weighted by atomic mass is 10.1. The van der Waals surface area contributed by atoms with E-state index in [1.807, 2.05) is 24.4 Å². The van der Waals surface area contributed by atoms with E-state index in [2.05, 4.69) is 15.1 Å². The zero-order valence-corrected chi connectivity index (χ0v) is 13.0. The van der Waals surface area contributed by atoms with Crippen molar-refractivity contribution in [2.24, 2.45) is 0 Å². The van der Waals surface area contributed by atoms with Crippen LogP contribution in [0.3, 0.4) is 0 Å². The van der Waals surface area contributed by atoms with Gasteiger partial charge < -0.3 is 14.2 Å². The van der Waals surface area contributed by atoms with E-state index in [1.54, 1.807) is 7.11 Å². The zero-order valence-electron chi connectivity index (χ0n) is 12.2. The topological polar surface area (TPSA) is 98.1 Å². The van der Waals surface area contributed by atoms with Gasteiger partial charge in [-0.3, -0.25) is 0 Å². The first-order valence-electron chi connectivity index (χ1n) is 6.58. The third-order valence-electron chi connectivity index (χ3n) is 3.21. The van der Waals surface area contributed by atoms with Crippen LogP contribution in [0, 0.1) is 0 Å². The molecule has 0 aliphatic heterocycles. The van der Waals surface area contributed by atoms with Crippen LogP contribution in [0.1, 0.15) is 17.3 Å². The molecule has 0 spiro atoms. The molecule has 0 unspecified atom stereocenters. The van der Waals surface area contributed by atoms with Crippen molar-refractivity contribution in [2.45, 2.75) is 12.2 Å². The van der Waals surface area contributed by atoms with Crippen LogP contribution in [0.5, 0.6) is 5.75 Å². The SMILES string of the molecule is COc1cccc2[nH]cc(Cc3nc(CS(C)(=O)=O)no3)c12. The largest absolute Gasteiger partial charge is 0.496 e. The van der Waals surface area contributed by atoms with Gasteiger partial charge in [-0.15, -0.1) is 0 Å². The zero-order chi connectivity index (χ0) is 15.7. The Balaban J connectivity index is 1.91. The van der Waals surface area contributed by atoms with Crippen molar-refractivity contribution in [2.75, 3.05) is 13.4 Å². The predicted octanol–water partition coefficient (Wildman–Crippen LogP) is 1.69. The van der Waals surface area contributed by atoms with Crippen molar-refractivity contribution >= 4 is 20.7 Å². The molecule has 1 aromatic carbocycles. The number of benzene rings is 1. The van der Waals surface area contributed by atoms with Gasteiger partial charge in [-0.2, -0.15) is 4.98 Å². The quantitative estimate of drug-likeness (QED) is 0.768. The molecule has 0 saturated carbocycles. The summed E-state index contributed by atoms with van der Waals surface area (Å²) in [5.74, 6) is 1.06. The first kappa shape index (κ1) is 14.6. The third-order valence-corrected chi connectivity index (χ3v) is 3.99. The summed E-state index contributed by atoms with van der Waals surface area (Å²) in [6.45, 7) is 0. The van der Waals surface area contributed by atoms with E-state index in [0.29, 0.717) is 12.3 Å². The Morgan fingerprint density at radius 2 is 2.18 bits per heavy atom. The van der Waals surface area contributed by atoms with Crippen molar-refractivity contribution in [1.29, 1.82) is 0 Å². The van der Waals surface area contributed by atoms with Crippen molar-refractivity contribution in [3.8, 4) is 5.75 Å². The maximum atomic E-state index is 11.2. The van der Waals surface area contributed by atoms with Gasteiger partial charge in [0.2, 0.25) is 5.89 Å². The molecular weight excluding hydrogens is 306 g/mol. The van der Waals surface area contributed by atoms with E-state index in [9.17, 15) is 8.42 Å². The fourth-order valence-corrected chi connectivity index (χ4v) is 2.93. The third kappa shape index (κ3) is 2.96. The average molecular weight is 321 g/mol. The first-order valence-corrected chi connectivity index (χ1v) is 8.64. The van der Waals surface area contributed by atoms with E-state index >= 15 is 0 Å². The summed E-state index contributed by atoms with van der Waals surface area (Å²) in [7, 11) is -1.57. The van der Waals surface area contributed by atoms with Gasteiger partial charge >= 0.3 is 0 Å². The van der Waals surface area contributed by atoms with Gasteiger partial charge in [0.1, 0.15) is 11.5 Å². The van der Waals surface area contributed by atoms with Crippen LogP contribution < -0.4 is 4.74 Å². The molecular formula is C14H15N3O4S. The Bertz CT molecular complexity index is 911. The molecule has 0 bridgehead atoms. The van der Waals surface area contributed by atoms with Gasteiger partial charge in [0.15, 0.2) is 15.7 Å². The molecule has 0 amide bonds. The Morgan fingerprint density at radius 3 is 2.91 bits per heavy atom. The number of sulfone groups is 1. The summed E-state index contributed by atoms with van der Waals surface area (Å²) in [5.41, 5.74) is 1.90. The molecule has 0 aliphatic rings. The van der Waals surface area contributed by atoms with Crippen LogP contribution in [-0.4, -0.2) is 36.9 Å². The van der Waals surface area contributed by atoms with Crippen molar-refractivity contribution < 1.29 is 17.7 Å². The molecule has 116 valence electrons. The highest BCUT2D eigenvalue weighted by Gasteiger charge is 2.15. The number of aromatic amines is 1. The fraction of sp³-hybridized carbons (Fsp3) is 0.286. The molecule has 0 atom stereocenters. The van der Waals surface area contributed by atoms with Crippen molar-refractivity contribution in [1.82, 2.24) is 15.1 Å². The molecule has 2 aromatic heterocycles. The molecule has 0 saturated heterocycles. The Kier molecular flexibility index (Phi) is 3.61. The second-order valence-corrected chi connectivity index (χ2v) is 7.19. The van der Waals surface area contributed by atoms with E-state index in [4.69, 9.17) is 9.26 Å². The number of fused-ring (bicyclic) bond motifs is 1. The number of nitrogens with one attached hydrogen (secondary N) is 1. The molecule has 22 heavy (non-hydrogen) atoms. The van der Waals surface area contributed by atoms with E-state index in [-0.39, 0.29) is 11.6 Å².